The monoisotopic (exact) mass is 469 g/mol. The number of amides is 2. The first kappa shape index (κ1) is 22.5. The number of imide groups is 1. The van der Waals surface area contributed by atoms with E-state index in [2.05, 4.69) is 0 Å². The van der Waals surface area contributed by atoms with Crippen LogP contribution in [-0.2, 0) is 16.0 Å². The van der Waals surface area contributed by atoms with Crippen molar-refractivity contribution in [3.05, 3.63) is 75.2 Å². The zero-order chi connectivity index (χ0) is 23.7. The van der Waals surface area contributed by atoms with Crippen LogP contribution in [0, 0.1) is 5.82 Å². The Hall–Kier alpha value is -3.72. The van der Waals surface area contributed by atoms with Gasteiger partial charge in [0, 0.05) is 11.6 Å². The van der Waals surface area contributed by atoms with E-state index in [0.29, 0.717) is 11.3 Å². The normalized spacial score (nSPS) is 14.0. The van der Waals surface area contributed by atoms with Gasteiger partial charge in [0.1, 0.15) is 28.3 Å². The summed E-state index contributed by atoms with van der Waals surface area (Å²) in [6.45, 7) is 1.80. The predicted octanol–water partition coefficient (Wildman–Crippen LogP) is 4.55. The van der Waals surface area contributed by atoms with Gasteiger partial charge in [-0.2, -0.15) is 0 Å². The Bertz CT molecular complexity index is 1250. The topological polar surface area (TPSA) is 82.1 Å². The van der Waals surface area contributed by atoms with Crippen LogP contribution in [0.25, 0.3) is 0 Å². The molecule has 0 bridgehead atoms. The Morgan fingerprint density at radius 3 is 2.64 bits per heavy atom. The lowest BCUT2D eigenvalue weighted by atomic mass is 10.0. The molecule has 4 rings (SSSR count). The number of nitrogens with zero attached hydrogens (tertiary/aromatic N) is 1. The van der Waals surface area contributed by atoms with Crippen molar-refractivity contribution in [2.75, 3.05) is 19.1 Å². The van der Waals surface area contributed by atoms with Crippen molar-refractivity contribution in [2.45, 2.75) is 19.4 Å². The summed E-state index contributed by atoms with van der Waals surface area (Å²) in [5.41, 5.74) is 1.01. The number of rotatable bonds is 6. The van der Waals surface area contributed by atoms with E-state index in [4.69, 9.17) is 14.2 Å². The van der Waals surface area contributed by atoms with Crippen LogP contribution < -0.4 is 14.4 Å². The van der Waals surface area contributed by atoms with Crippen molar-refractivity contribution in [3.63, 3.8) is 0 Å². The fourth-order valence-electron chi connectivity index (χ4n) is 3.72. The smallest absolute Gasteiger partial charge is 0.348 e. The highest BCUT2D eigenvalue weighted by Crippen LogP contribution is 2.36. The van der Waals surface area contributed by atoms with E-state index in [-0.39, 0.29) is 28.3 Å². The molecule has 0 saturated heterocycles. The van der Waals surface area contributed by atoms with E-state index in [1.807, 2.05) is 18.2 Å². The van der Waals surface area contributed by atoms with Gasteiger partial charge >= 0.3 is 5.97 Å². The van der Waals surface area contributed by atoms with Gasteiger partial charge < -0.3 is 14.2 Å². The lowest BCUT2D eigenvalue weighted by molar-refractivity contribution is -0.117. The van der Waals surface area contributed by atoms with E-state index < -0.39 is 29.7 Å². The van der Waals surface area contributed by atoms with Gasteiger partial charge in [-0.05, 0) is 36.1 Å². The van der Waals surface area contributed by atoms with Crippen LogP contribution in [-0.4, -0.2) is 32.0 Å². The maximum Gasteiger partial charge on any atom is 0.348 e. The first-order valence-electron chi connectivity index (χ1n) is 10.0. The van der Waals surface area contributed by atoms with Gasteiger partial charge in [-0.1, -0.05) is 18.2 Å². The van der Waals surface area contributed by atoms with Crippen LogP contribution in [0.15, 0.2) is 47.8 Å². The largest absolute Gasteiger partial charge is 0.496 e. The second-order valence-electron chi connectivity index (χ2n) is 7.28. The highest BCUT2D eigenvalue weighted by Gasteiger charge is 2.38. The Balaban J connectivity index is 1.68. The van der Waals surface area contributed by atoms with Crippen molar-refractivity contribution in [3.8, 4) is 11.5 Å². The average Bonchev–Trinajstić information content (AvgIpc) is 3.24. The summed E-state index contributed by atoms with van der Waals surface area (Å²) in [4.78, 5) is 38.9. The van der Waals surface area contributed by atoms with Gasteiger partial charge in [-0.25, -0.2) is 14.1 Å². The Morgan fingerprint density at radius 1 is 1.15 bits per heavy atom. The van der Waals surface area contributed by atoms with E-state index in [1.54, 1.807) is 25.5 Å². The van der Waals surface area contributed by atoms with Gasteiger partial charge in [-0.15, -0.1) is 11.3 Å². The molecule has 0 N–H and O–H groups in total. The highest BCUT2D eigenvalue weighted by atomic mass is 32.1. The van der Waals surface area contributed by atoms with Gasteiger partial charge in [0.25, 0.3) is 5.91 Å². The minimum Gasteiger partial charge on any atom is -0.496 e. The number of benzene rings is 2. The van der Waals surface area contributed by atoms with Gasteiger partial charge in [0.15, 0.2) is 0 Å². The van der Waals surface area contributed by atoms with Crippen molar-refractivity contribution in [1.82, 2.24) is 0 Å². The van der Waals surface area contributed by atoms with Crippen molar-refractivity contribution in [1.29, 1.82) is 0 Å². The van der Waals surface area contributed by atoms with Crippen LogP contribution in [0.2, 0.25) is 0 Å². The summed E-state index contributed by atoms with van der Waals surface area (Å²) in [7, 11) is 2.75. The minimum absolute atomic E-state index is 0.0551. The van der Waals surface area contributed by atoms with Crippen LogP contribution in [0.5, 0.6) is 11.5 Å². The molecule has 1 unspecified atom stereocenters. The molecule has 9 heteroatoms. The second kappa shape index (κ2) is 9.03. The summed E-state index contributed by atoms with van der Waals surface area (Å²) in [6.07, 6.45) is -0.599. The molecule has 1 aliphatic heterocycles. The molecule has 0 aliphatic carbocycles. The molecule has 1 atom stereocenters. The van der Waals surface area contributed by atoms with Crippen molar-refractivity contribution in [2.24, 2.45) is 0 Å². The third-order valence-electron chi connectivity index (χ3n) is 5.29. The number of esters is 1. The molecule has 7 nitrogen and oxygen atoms in total. The molecular weight excluding hydrogens is 449 g/mol. The zero-order valence-electron chi connectivity index (χ0n) is 18.1. The Kier molecular flexibility index (Phi) is 6.15. The predicted molar refractivity (Wildman–Crippen MR) is 120 cm³/mol. The molecule has 0 fully saturated rings. The molecule has 3 aromatic rings. The Morgan fingerprint density at radius 2 is 1.91 bits per heavy atom. The number of hydrogen-bond acceptors (Lipinski definition) is 7. The van der Waals surface area contributed by atoms with E-state index >= 15 is 0 Å². The lowest BCUT2D eigenvalue weighted by Crippen LogP contribution is -2.43. The maximum atomic E-state index is 14.8. The first-order chi connectivity index (χ1) is 15.8. The summed E-state index contributed by atoms with van der Waals surface area (Å²) in [5.74, 6) is -1.95. The third-order valence-corrected chi connectivity index (χ3v) is 6.30. The molecule has 1 aliphatic rings. The number of halogens is 1. The third kappa shape index (κ3) is 4.07. The maximum absolute atomic E-state index is 14.8. The lowest BCUT2D eigenvalue weighted by Gasteiger charge is -2.26. The van der Waals surface area contributed by atoms with Crippen molar-refractivity contribution < 1.29 is 33.0 Å². The van der Waals surface area contributed by atoms with Gasteiger partial charge in [-0.3, -0.25) is 9.59 Å². The van der Waals surface area contributed by atoms with Gasteiger partial charge in [0.2, 0.25) is 5.91 Å². The molecule has 2 heterocycles. The molecule has 0 radical (unpaired) electrons. The fraction of sp³-hybridized carbons (Fsp3) is 0.208. The number of anilines is 1. The zero-order valence-corrected chi connectivity index (χ0v) is 18.9. The van der Waals surface area contributed by atoms with E-state index in [9.17, 15) is 18.8 Å². The van der Waals surface area contributed by atoms with Crippen LogP contribution in [0.3, 0.4) is 0 Å². The summed E-state index contributed by atoms with van der Waals surface area (Å²) in [6, 6.07) is 11.2. The number of carbonyl (C=O) groups is 3. The van der Waals surface area contributed by atoms with E-state index in [0.717, 1.165) is 27.9 Å². The number of para-hydroxylation sites is 1. The summed E-state index contributed by atoms with van der Waals surface area (Å²) in [5, 5.41) is 1.57. The summed E-state index contributed by atoms with van der Waals surface area (Å²) >= 11 is 1.01. The average molecular weight is 469 g/mol. The van der Waals surface area contributed by atoms with Gasteiger partial charge in [0.05, 0.1) is 31.9 Å². The Labute approximate surface area is 193 Å². The fourth-order valence-corrected chi connectivity index (χ4v) is 4.70. The number of hydrogen-bond donors (Lipinski definition) is 0. The quantitative estimate of drug-likeness (QED) is 0.389. The van der Waals surface area contributed by atoms with Crippen molar-refractivity contribution >= 4 is 34.8 Å². The molecule has 2 aromatic carbocycles. The standard InChI is InChI=1S/C24H20FNO6S/c1-13(16-6-4-5-7-19(16)30-2)32-15-8-9-17(25)18(11-15)26-20(27)10-14-12-33-22(24(29)31-3)21(14)23(26)28/h4-9,11-13H,10H2,1-3H3. The van der Waals surface area contributed by atoms with Crippen LogP contribution >= 0.6 is 11.3 Å². The molecule has 0 spiro atoms. The second-order valence-corrected chi connectivity index (χ2v) is 8.16. The molecule has 170 valence electrons. The molecule has 33 heavy (non-hydrogen) atoms. The molecular formula is C24H20FNO6S. The van der Waals surface area contributed by atoms with Crippen LogP contribution in [0.4, 0.5) is 10.1 Å². The van der Waals surface area contributed by atoms with E-state index in [1.165, 1.54) is 19.2 Å². The number of thiophene rings is 1. The first-order valence-corrected chi connectivity index (χ1v) is 10.9. The number of ether oxygens (including phenoxy) is 3. The molecule has 0 saturated carbocycles. The molecule has 1 aromatic heterocycles. The number of fused-ring (bicyclic) bond motifs is 1. The van der Waals surface area contributed by atoms with Crippen LogP contribution in [0.1, 0.15) is 44.2 Å². The highest BCUT2D eigenvalue weighted by molar-refractivity contribution is 7.12. The SMILES string of the molecule is COC(=O)c1scc2c1C(=O)N(c1cc(OC(C)c3ccccc3OC)ccc1F)C(=O)C2. The molecule has 2 amide bonds. The minimum atomic E-state index is -0.781. The number of carbonyl (C=O) groups excluding carboxylic acids is 3. The number of methoxy groups -OCH3 is 2. The summed E-state index contributed by atoms with van der Waals surface area (Å²) < 4.78 is 30.9.